The number of hydrogen-bond donors (Lipinski definition) is 1. The van der Waals surface area contributed by atoms with Gasteiger partial charge >= 0.3 is 6.09 Å². The maximum Gasteiger partial charge on any atom is 0.411 e. The molecule has 0 saturated heterocycles. The molecular weight excluding hydrogens is 242 g/mol. The van der Waals surface area contributed by atoms with Crippen LogP contribution in [-0.2, 0) is 4.79 Å². The lowest BCUT2D eigenvalue weighted by atomic mass is 9.91. The largest absolute Gasteiger partial charge is 0.465 e. The van der Waals surface area contributed by atoms with Crippen LogP contribution in [0.15, 0.2) is 36.5 Å². The summed E-state index contributed by atoms with van der Waals surface area (Å²) < 4.78 is 0. The zero-order valence-corrected chi connectivity index (χ0v) is 10.5. The fourth-order valence-electron chi connectivity index (χ4n) is 2.66. The number of carboxylic acid groups (broad SMARTS) is 1. The minimum atomic E-state index is -1.01. The minimum Gasteiger partial charge on any atom is -0.465 e. The molecule has 0 spiro atoms. The fourth-order valence-corrected chi connectivity index (χ4v) is 2.66. The summed E-state index contributed by atoms with van der Waals surface area (Å²) >= 11 is 0. The van der Waals surface area contributed by atoms with Gasteiger partial charge in [-0.2, -0.15) is 0 Å². The molecule has 1 aromatic carbocycles. The second-order valence-corrected chi connectivity index (χ2v) is 5.10. The van der Waals surface area contributed by atoms with Crippen LogP contribution in [0, 0.1) is 0 Å². The highest BCUT2D eigenvalue weighted by molar-refractivity contribution is 5.92. The molecule has 1 atom stereocenters. The average molecular weight is 257 g/mol. The summed E-state index contributed by atoms with van der Waals surface area (Å²) in [6.07, 6.45) is 4.24. The highest BCUT2D eigenvalue weighted by Crippen LogP contribution is 2.44. The van der Waals surface area contributed by atoms with Crippen molar-refractivity contribution in [3.63, 3.8) is 0 Å². The molecule has 2 aliphatic rings. The van der Waals surface area contributed by atoms with Crippen LogP contribution >= 0.6 is 0 Å². The third-order valence-electron chi connectivity index (χ3n) is 3.74. The van der Waals surface area contributed by atoms with Gasteiger partial charge in [0.2, 0.25) is 0 Å². The molecule has 1 fully saturated rings. The van der Waals surface area contributed by atoms with E-state index >= 15 is 0 Å². The Morgan fingerprint density at radius 1 is 1.21 bits per heavy atom. The highest BCUT2D eigenvalue weighted by Gasteiger charge is 2.33. The normalized spacial score (nSPS) is 22.6. The van der Waals surface area contributed by atoms with Gasteiger partial charge in [0.05, 0.1) is 6.04 Å². The molecule has 1 saturated carbocycles. The molecule has 4 heteroatoms. The third-order valence-corrected chi connectivity index (χ3v) is 3.74. The van der Waals surface area contributed by atoms with Crippen molar-refractivity contribution in [2.45, 2.75) is 31.2 Å². The third kappa shape index (κ3) is 2.26. The highest BCUT2D eigenvalue weighted by atomic mass is 16.4. The Balaban J connectivity index is 2.01. The van der Waals surface area contributed by atoms with E-state index in [-0.39, 0.29) is 18.2 Å². The van der Waals surface area contributed by atoms with Crippen LogP contribution < -0.4 is 0 Å². The second kappa shape index (κ2) is 4.53. The molecule has 1 aliphatic carbocycles. The second-order valence-electron chi connectivity index (χ2n) is 5.10. The van der Waals surface area contributed by atoms with Crippen LogP contribution in [-0.4, -0.2) is 21.9 Å². The van der Waals surface area contributed by atoms with E-state index in [1.807, 2.05) is 18.2 Å². The summed E-state index contributed by atoms with van der Waals surface area (Å²) in [6, 6.07) is 7.50. The zero-order chi connectivity index (χ0) is 13.4. The van der Waals surface area contributed by atoms with Crippen molar-refractivity contribution >= 4 is 11.9 Å². The Labute approximate surface area is 111 Å². The van der Waals surface area contributed by atoms with Crippen LogP contribution in [0.25, 0.3) is 0 Å². The molecule has 1 heterocycles. The zero-order valence-electron chi connectivity index (χ0n) is 10.5. The molecule has 0 radical (unpaired) electrons. The Morgan fingerprint density at radius 3 is 2.53 bits per heavy atom. The number of benzene rings is 1. The Hall–Kier alpha value is -2.10. The first-order chi connectivity index (χ1) is 9.16. The first-order valence-electron chi connectivity index (χ1n) is 6.48. The smallest absolute Gasteiger partial charge is 0.411 e. The minimum absolute atomic E-state index is 0.0203. The van der Waals surface area contributed by atoms with E-state index in [1.165, 1.54) is 22.7 Å². The lowest BCUT2D eigenvalue weighted by Gasteiger charge is -2.30. The van der Waals surface area contributed by atoms with Crippen molar-refractivity contribution in [3.8, 4) is 0 Å². The molecule has 1 aliphatic heterocycles. The van der Waals surface area contributed by atoms with Gasteiger partial charge in [-0.15, -0.1) is 0 Å². The standard InChI is InChI=1S/C15H15NO3/c17-11-7-8-16(15(18)19)14(9-11)13-4-2-1-3-12(13)10-5-6-10/h1-4,7-8,10,14H,5-6,9H2,(H,18,19). The summed E-state index contributed by atoms with van der Waals surface area (Å²) in [5.74, 6) is 0.515. The van der Waals surface area contributed by atoms with Gasteiger partial charge in [-0.25, -0.2) is 4.79 Å². The molecular formula is C15H15NO3. The molecule has 1 N–H and O–H groups in total. The van der Waals surface area contributed by atoms with E-state index in [1.54, 1.807) is 0 Å². The summed E-state index contributed by atoms with van der Waals surface area (Å²) in [5.41, 5.74) is 2.17. The van der Waals surface area contributed by atoms with Crippen LogP contribution in [0.5, 0.6) is 0 Å². The maximum atomic E-state index is 11.6. The Bertz CT molecular complexity index is 560. The van der Waals surface area contributed by atoms with E-state index in [0.717, 1.165) is 18.4 Å². The number of amides is 1. The van der Waals surface area contributed by atoms with Gasteiger partial charge in [-0.05, 0) is 36.0 Å². The molecule has 1 amide bonds. The van der Waals surface area contributed by atoms with E-state index in [0.29, 0.717) is 5.92 Å². The predicted molar refractivity (Wildman–Crippen MR) is 69.8 cm³/mol. The summed E-state index contributed by atoms with van der Waals surface area (Å²) in [7, 11) is 0. The number of hydrogen-bond acceptors (Lipinski definition) is 2. The number of allylic oxidation sites excluding steroid dienone is 1. The molecule has 3 rings (SSSR count). The summed E-state index contributed by atoms with van der Waals surface area (Å²) in [4.78, 5) is 24.1. The number of carbonyl (C=O) groups excluding carboxylic acids is 1. The maximum absolute atomic E-state index is 11.6. The van der Waals surface area contributed by atoms with Gasteiger partial charge in [-0.1, -0.05) is 24.3 Å². The number of carbonyl (C=O) groups is 2. The van der Waals surface area contributed by atoms with Crippen LogP contribution in [0.2, 0.25) is 0 Å². The Kier molecular flexibility index (Phi) is 2.85. The van der Waals surface area contributed by atoms with Gasteiger partial charge in [0, 0.05) is 12.6 Å². The summed E-state index contributed by atoms with van der Waals surface area (Å²) in [5, 5.41) is 9.26. The molecule has 98 valence electrons. The van der Waals surface area contributed by atoms with Crippen molar-refractivity contribution in [1.29, 1.82) is 0 Å². The topological polar surface area (TPSA) is 57.6 Å². The van der Waals surface area contributed by atoms with Crippen molar-refractivity contribution in [2.75, 3.05) is 0 Å². The fraction of sp³-hybridized carbons (Fsp3) is 0.333. The molecule has 0 aromatic heterocycles. The first kappa shape index (κ1) is 12.0. The molecule has 1 aromatic rings. The van der Waals surface area contributed by atoms with E-state index < -0.39 is 6.09 Å². The van der Waals surface area contributed by atoms with E-state index in [4.69, 9.17) is 0 Å². The average Bonchev–Trinajstić information content (AvgIpc) is 3.22. The van der Waals surface area contributed by atoms with Crippen molar-refractivity contribution < 1.29 is 14.7 Å². The summed E-state index contributed by atoms with van der Waals surface area (Å²) in [6.45, 7) is 0. The van der Waals surface area contributed by atoms with Crippen molar-refractivity contribution in [3.05, 3.63) is 47.7 Å². The van der Waals surface area contributed by atoms with Crippen LogP contribution in [0.4, 0.5) is 4.79 Å². The molecule has 19 heavy (non-hydrogen) atoms. The van der Waals surface area contributed by atoms with Crippen molar-refractivity contribution in [1.82, 2.24) is 4.90 Å². The van der Waals surface area contributed by atoms with Gasteiger partial charge in [0.15, 0.2) is 5.78 Å². The number of ketones is 1. The van der Waals surface area contributed by atoms with E-state index in [9.17, 15) is 14.7 Å². The lowest BCUT2D eigenvalue weighted by molar-refractivity contribution is -0.116. The van der Waals surface area contributed by atoms with Crippen LogP contribution in [0.3, 0.4) is 0 Å². The van der Waals surface area contributed by atoms with Crippen molar-refractivity contribution in [2.24, 2.45) is 0 Å². The quantitative estimate of drug-likeness (QED) is 0.885. The van der Waals surface area contributed by atoms with Gasteiger partial charge in [-0.3, -0.25) is 9.69 Å². The predicted octanol–water partition coefficient (Wildman–Crippen LogP) is 3.07. The Morgan fingerprint density at radius 2 is 1.89 bits per heavy atom. The molecule has 1 unspecified atom stereocenters. The van der Waals surface area contributed by atoms with Crippen LogP contribution in [0.1, 0.15) is 42.3 Å². The lowest BCUT2D eigenvalue weighted by Crippen LogP contribution is -2.33. The molecule has 4 nitrogen and oxygen atoms in total. The van der Waals surface area contributed by atoms with Gasteiger partial charge in [0.1, 0.15) is 0 Å². The number of rotatable bonds is 2. The first-order valence-corrected chi connectivity index (χ1v) is 6.48. The number of nitrogens with zero attached hydrogens (tertiary/aromatic N) is 1. The monoisotopic (exact) mass is 257 g/mol. The van der Waals surface area contributed by atoms with Gasteiger partial charge < -0.3 is 5.11 Å². The van der Waals surface area contributed by atoms with E-state index in [2.05, 4.69) is 6.07 Å². The van der Waals surface area contributed by atoms with Gasteiger partial charge in [0.25, 0.3) is 0 Å². The SMILES string of the molecule is O=C1C=CN(C(=O)O)C(c2ccccc2C2CC2)C1. The molecule has 0 bridgehead atoms.